The fourth-order valence-corrected chi connectivity index (χ4v) is 2.21. The first kappa shape index (κ1) is 9.24. The normalized spacial score (nSPS) is 15.5. The molecule has 1 aliphatic carbocycles. The van der Waals surface area contributed by atoms with Crippen LogP contribution in [0.3, 0.4) is 0 Å². The maximum Gasteiger partial charge on any atom is 0.190 e. The van der Waals surface area contributed by atoms with Crippen LogP contribution in [0.2, 0.25) is 5.15 Å². The number of rotatable bonds is 2. The summed E-state index contributed by atoms with van der Waals surface area (Å²) in [5, 5.41) is 3.26. The Labute approximate surface area is 96.2 Å². The molecule has 0 unspecified atom stereocenters. The molecule has 1 saturated carbocycles. The van der Waals surface area contributed by atoms with Gasteiger partial charge < -0.3 is 0 Å². The van der Waals surface area contributed by atoms with E-state index in [0.717, 1.165) is 10.7 Å². The molecule has 0 aromatic carbocycles. The highest BCUT2D eigenvalue weighted by Gasteiger charge is 2.26. The molecule has 5 heteroatoms. The van der Waals surface area contributed by atoms with Gasteiger partial charge in [0.05, 0.1) is 0 Å². The van der Waals surface area contributed by atoms with Crippen LogP contribution >= 0.6 is 22.9 Å². The lowest BCUT2D eigenvalue weighted by molar-refractivity contribution is 0.992. The Balaban J connectivity index is 2.07. The van der Waals surface area contributed by atoms with Gasteiger partial charge in [-0.15, -0.1) is 11.3 Å². The lowest BCUT2D eigenvalue weighted by Gasteiger charge is -2.00. The van der Waals surface area contributed by atoms with Crippen LogP contribution in [0.1, 0.15) is 24.5 Å². The predicted molar refractivity (Wildman–Crippen MR) is 60.1 cm³/mol. The zero-order valence-corrected chi connectivity index (χ0v) is 9.42. The van der Waals surface area contributed by atoms with Crippen molar-refractivity contribution in [1.29, 1.82) is 0 Å². The molecule has 2 heterocycles. The van der Waals surface area contributed by atoms with Gasteiger partial charge in [0, 0.05) is 23.2 Å². The number of nitrogens with zero attached hydrogens (tertiary/aromatic N) is 3. The summed E-state index contributed by atoms with van der Waals surface area (Å²) in [4.78, 5) is 12.9. The van der Waals surface area contributed by atoms with Crippen LogP contribution in [-0.4, -0.2) is 15.0 Å². The third-order valence-corrected chi connectivity index (χ3v) is 3.30. The molecule has 76 valence electrons. The molecule has 1 fully saturated rings. The van der Waals surface area contributed by atoms with Crippen molar-refractivity contribution in [2.24, 2.45) is 0 Å². The van der Waals surface area contributed by atoms with Crippen LogP contribution in [0.4, 0.5) is 0 Å². The number of halogens is 1. The first-order valence-electron chi connectivity index (χ1n) is 4.77. The van der Waals surface area contributed by atoms with E-state index in [1.54, 1.807) is 6.20 Å². The zero-order chi connectivity index (χ0) is 10.3. The van der Waals surface area contributed by atoms with E-state index in [0.29, 0.717) is 16.9 Å². The molecular formula is C10H8ClN3S. The molecule has 0 atom stereocenters. The Morgan fingerprint density at radius 2 is 2.20 bits per heavy atom. The van der Waals surface area contributed by atoms with Crippen molar-refractivity contribution >= 4 is 22.9 Å². The summed E-state index contributed by atoms with van der Waals surface area (Å²) in [6, 6.07) is 1.86. The Kier molecular flexibility index (Phi) is 2.18. The summed E-state index contributed by atoms with van der Waals surface area (Å²) in [6.45, 7) is 0. The van der Waals surface area contributed by atoms with E-state index < -0.39 is 0 Å². The SMILES string of the molecule is Clc1cc(C2CC2)nc(-c2nccs2)n1. The van der Waals surface area contributed by atoms with E-state index in [9.17, 15) is 0 Å². The average Bonchev–Trinajstić information content (AvgIpc) is 2.93. The van der Waals surface area contributed by atoms with E-state index in [2.05, 4.69) is 15.0 Å². The highest BCUT2D eigenvalue weighted by Crippen LogP contribution is 2.40. The second kappa shape index (κ2) is 3.54. The van der Waals surface area contributed by atoms with Crippen LogP contribution in [-0.2, 0) is 0 Å². The summed E-state index contributed by atoms with van der Waals surface area (Å²) < 4.78 is 0. The van der Waals surface area contributed by atoms with Crippen molar-refractivity contribution in [2.45, 2.75) is 18.8 Å². The lowest BCUT2D eigenvalue weighted by Crippen LogP contribution is -1.94. The van der Waals surface area contributed by atoms with Crippen molar-refractivity contribution in [3.8, 4) is 10.8 Å². The third kappa shape index (κ3) is 1.87. The standard InChI is InChI=1S/C10H8ClN3S/c11-8-5-7(6-1-2-6)13-9(14-8)10-12-3-4-15-10/h3-6H,1-2H2. The molecule has 3 rings (SSSR count). The van der Waals surface area contributed by atoms with E-state index in [1.807, 2.05) is 11.4 Å². The third-order valence-electron chi connectivity index (χ3n) is 2.33. The Morgan fingerprint density at radius 1 is 1.33 bits per heavy atom. The first-order chi connectivity index (χ1) is 7.33. The fourth-order valence-electron chi connectivity index (χ4n) is 1.45. The molecule has 0 N–H and O–H groups in total. The molecule has 0 radical (unpaired) electrons. The summed E-state index contributed by atoms with van der Waals surface area (Å²) in [7, 11) is 0. The van der Waals surface area contributed by atoms with Gasteiger partial charge in [0.25, 0.3) is 0 Å². The topological polar surface area (TPSA) is 38.7 Å². The number of aromatic nitrogens is 3. The largest absolute Gasteiger partial charge is 0.241 e. The molecule has 1 aliphatic rings. The van der Waals surface area contributed by atoms with Crippen LogP contribution in [0.25, 0.3) is 10.8 Å². The molecule has 0 spiro atoms. The fraction of sp³-hybridized carbons (Fsp3) is 0.300. The van der Waals surface area contributed by atoms with Crippen molar-refractivity contribution < 1.29 is 0 Å². The first-order valence-corrected chi connectivity index (χ1v) is 6.03. The average molecular weight is 238 g/mol. The molecule has 3 nitrogen and oxygen atoms in total. The molecule has 0 aliphatic heterocycles. The van der Waals surface area contributed by atoms with Gasteiger partial charge in [-0.05, 0) is 18.9 Å². The zero-order valence-electron chi connectivity index (χ0n) is 7.85. The van der Waals surface area contributed by atoms with Gasteiger partial charge in [-0.2, -0.15) is 0 Å². The number of hydrogen-bond acceptors (Lipinski definition) is 4. The molecule has 0 bridgehead atoms. The lowest BCUT2D eigenvalue weighted by atomic mass is 10.3. The summed E-state index contributed by atoms with van der Waals surface area (Å²) in [5.74, 6) is 1.24. The maximum absolute atomic E-state index is 5.96. The Morgan fingerprint density at radius 3 is 2.87 bits per heavy atom. The minimum absolute atomic E-state index is 0.511. The van der Waals surface area contributed by atoms with Crippen LogP contribution in [0.5, 0.6) is 0 Å². The molecule has 2 aromatic rings. The summed E-state index contributed by atoms with van der Waals surface area (Å²) >= 11 is 7.50. The van der Waals surface area contributed by atoms with Gasteiger partial charge in [-0.3, -0.25) is 0 Å². The Bertz CT molecular complexity index is 479. The van der Waals surface area contributed by atoms with Crippen molar-refractivity contribution in [3.63, 3.8) is 0 Å². The van der Waals surface area contributed by atoms with Crippen molar-refractivity contribution in [2.75, 3.05) is 0 Å². The molecule has 0 amide bonds. The molecule has 0 saturated heterocycles. The predicted octanol–water partition coefficient (Wildman–Crippen LogP) is 3.13. The highest BCUT2D eigenvalue weighted by atomic mass is 35.5. The quantitative estimate of drug-likeness (QED) is 0.754. The van der Waals surface area contributed by atoms with Crippen LogP contribution < -0.4 is 0 Å². The van der Waals surface area contributed by atoms with Gasteiger partial charge in [0.15, 0.2) is 10.8 Å². The van der Waals surface area contributed by atoms with Crippen LogP contribution in [0, 0.1) is 0 Å². The number of thiazole rings is 1. The Hall–Kier alpha value is -1.00. The second-order valence-corrected chi connectivity index (χ2v) is 4.83. The van der Waals surface area contributed by atoms with E-state index in [1.165, 1.54) is 24.2 Å². The van der Waals surface area contributed by atoms with Gasteiger partial charge >= 0.3 is 0 Å². The van der Waals surface area contributed by atoms with Gasteiger partial charge in [-0.1, -0.05) is 11.6 Å². The minimum Gasteiger partial charge on any atom is -0.241 e. The summed E-state index contributed by atoms with van der Waals surface area (Å²) in [5.41, 5.74) is 1.06. The number of hydrogen-bond donors (Lipinski definition) is 0. The van der Waals surface area contributed by atoms with Gasteiger partial charge in [0.2, 0.25) is 0 Å². The maximum atomic E-state index is 5.96. The molecular weight excluding hydrogens is 230 g/mol. The van der Waals surface area contributed by atoms with Gasteiger partial charge in [-0.25, -0.2) is 15.0 Å². The van der Waals surface area contributed by atoms with Crippen molar-refractivity contribution in [1.82, 2.24) is 15.0 Å². The molecule has 2 aromatic heterocycles. The minimum atomic E-state index is 0.511. The monoisotopic (exact) mass is 237 g/mol. The van der Waals surface area contributed by atoms with Crippen molar-refractivity contribution in [3.05, 3.63) is 28.5 Å². The van der Waals surface area contributed by atoms with E-state index in [4.69, 9.17) is 11.6 Å². The smallest absolute Gasteiger partial charge is 0.190 e. The van der Waals surface area contributed by atoms with E-state index >= 15 is 0 Å². The molecule has 15 heavy (non-hydrogen) atoms. The van der Waals surface area contributed by atoms with E-state index in [-0.39, 0.29) is 0 Å². The van der Waals surface area contributed by atoms with Crippen LogP contribution in [0.15, 0.2) is 17.6 Å². The van der Waals surface area contributed by atoms with Gasteiger partial charge in [0.1, 0.15) is 5.15 Å². The highest BCUT2D eigenvalue weighted by molar-refractivity contribution is 7.13. The summed E-state index contributed by atoms with van der Waals surface area (Å²) in [6.07, 6.45) is 4.18. The second-order valence-electron chi connectivity index (χ2n) is 3.55.